The first kappa shape index (κ1) is 12.1. The highest BCUT2D eigenvalue weighted by atomic mass is 32.1. The van der Waals surface area contributed by atoms with Gasteiger partial charge in [0.15, 0.2) is 10.2 Å². The van der Waals surface area contributed by atoms with Crippen molar-refractivity contribution >= 4 is 39.7 Å². The predicted molar refractivity (Wildman–Crippen MR) is 65.9 cm³/mol. The maximum Gasteiger partial charge on any atom is 0.231 e. The Hall–Kier alpha value is -1.01. The first-order valence-electron chi connectivity index (χ1n) is 4.41. The number of hydrogen-bond donors (Lipinski definition) is 2. The Kier molecular flexibility index (Phi) is 3.76. The molecule has 0 saturated heterocycles. The number of carbonyl (C=O) groups excluding carboxylic acids is 1. The van der Waals surface area contributed by atoms with Crippen molar-refractivity contribution in [2.75, 3.05) is 5.32 Å². The molecule has 0 fully saturated rings. The van der Waals surface area contributed by atoms with Gasteiger partial charge in [-0.25, -0.2) is 4.98 Å². The van der Waals surface area contributed by atoms with Crippen molar-refractivity contribution in [1.29, 1.82) is 0 Å². The number of nitrogens with zero attached hydrogens (tertiary/aromatic N) is 1. The van der Waals surface area contributed by atoms with Gasteiger partial charge in [0.25, 0.3) is 0 Å². The highest BCUT2D eigenvalue weighted by Gasteiger charge is 2.21. The normalized spacial score (nSPS) is 10.9. The summed E-state index contributed by atoms with van der Waals surface area (Å²) in [7, 11) is 0. The first-order chi connectivity index (χ1) is 6.89. The molecule has 82 valence electrons. The Labute approximate surface area is 98.1 Å². The minimum absolute atomic E-state index is 0.114. The second-order valence-electron chi connectivity index (χ2n) is 4.00. The van der Waals surface area contributed by atoms with Crippen LogP contribution in [0.3, 0.4) is 0 Å². The van der Waals surface area contributed by atoms with Crippen LogP contribution >= 0.6 is 23.6 Å². The van der Waals surface area contributed by atoms with Crippen molar-refractivity contribution in [3.05, 3.63) is 11.6 Å². The fourth-order valence-corrected chi connectivity index (χ4v) is 1.49. The number of thiazole rings is 1. The number of thiocarbonyl (C=S) groups is 1. The topological polar surface area (TPSA) is 54.0 Å². The maximum atomic E-state index is 11.5. The van der Waals surface area contributed by atoms with Gasteiger partial charge in [-0.1, -0.05) is 20.8 Å². The van der Waals surface area contributed by atoms with E-state index < -0.39 is 5.41 Å². The number of amides is 1. The quantitative estimate of drug-likeness (QED) is 0.741. The van der Waals surface area contributed by atoms with Crippen LogP contribution in [0.4, 0.5) is 5.13 Å². The summed E-state index contributed by atoms with van der Waals surface area (Å²) in [4.78, 5) is 15.5. The Bertz CT molecular complexity index is 354. The van der Waals surface area contributed by atoms with Crippen LogP contribution in [-0.4, -0.2) is 16.0 Å². The number of carbonyl (C=O) groups is 1. The Balaban J connectivity index is 2.47. The highest BCUT2D eigenvalue weighted by molar-refractivity contribution is 7.80. The van der Waals surface area contributed by atoms with E-state index in [-0.39, 0.29) is 11.0 Å². The molecule has 0 aliphatic heterocycles. The lowest BCUT2D eigenvalue weighted by atomic mass is 9.96. The molecule has 0 aliphatic rings. The third-order valence-electron chi connectivity index (χ3n) is 1.56. The first-order valence-corrected chi connectivity index (χ1v) is 5.70. The largest absolute Gasteiger partial charge is 0.308 e. The summed E-state index contributed by atoms with van der Waals surface area (Å²) in [6, 6.07) is 0. The van der Waals surface area contributed by atoms with Crippen molar-refractivity contribution in [3.8, 4) is 0 Å². The molecule has 0 saturated carbocycles. The van der Waals surface area contributed by atoms with Gasteiger partial charge in [0.1, 0.15) is 0 Å². The molecule has 0 radical (unpaired) electrons. The van der Waals surface area contributed by atoms with E-state index in [1.54, 1.807) is 6.20 Å². The van der Waals surface area contributed by atoms with E-state index in [1.807, 2.05) is 26.2 Å². The number of aromatic nitrogens is 1. The lowest BCUT2D eigenvalue weighted by Gasteiger charge is -2.17. The van der Waals surface area contributed by atoms with Gasteiger partial charge < -0.3 is 10.6 Å². The summed E-state index contributed by atoms with van der Waals surface area (Å²) in [5, 5.41) is 8.23. The second-order valence-corrected chi connectivity index (χ2v) is 5.30. The van der Waals surface area contributed by atoms with Crippen molar-refractivity contribution < 1.29 is 4.79 Å². The van der Waals surface area contributed by atoms with Crippen molar-refractivity contribution in [2.45, 2.75) is 20.8 Å². The Morgan fingerprint density at radius 1 is 1.53 bits per heavy atom. The third-order valence-corrected chi connectivity index (χ3v) is 2.45. The standard InChI is InChI=1S/C9H13N3OS2/c1-9(2,3)6(13)11-7(14)12-8-10-4-5-15-8/h4-5H,1-3H3,(H2,10,11,12,13,14). The molecule has 6 heteroatoms. The van der Waals surface area contributed by atoms with Crippen LogP contribution in [0.2, 0.25) is 0 Å². The van der Waals surface area contributed by atoms with E-state index >= 15 is 0 Å². The van der Waals surface area contributed by atoms with Gasteiger partial charge in [-0.05, 0) is 12.2 Å². The average molecular weight is 243 g/mol. The Morgan fingerprint density at radius 2 is 2.20 bits per heavy atom. The van der Waals surface area contributed by atoms with E-state index in [4.69, 9.17) is 12.2 Å². The van der Waals surface area contributed by atoms with Gasteiger partial charge in [0.05, 0.1) is 0 Å². The van der Waals surface area contributed by atoms with Crippen molar-refractivity contribution in [2.24, 2.45) is 5.41 Å². The van der Waals surface area contributed by atoms with Crippen molar-refractivity contribution in [3.63, 3.8) is 0 Å². The van der Waals surface area contributed by atoms with E-state index in [0.717, 1.165) is 0 Å². The summed E-state index contributed by atoms with van der Waals surface area (Å²) in [5.41, 5.74) is -0.450. The molecule has 0 unspecified atom stereocenters. The van der Waals surface area contributed by atoms with Gasteiger partial charge >= 0.3 is 0 Å². The molecule has 0 aromatic carbocycles. The van der Waals surface area contributed by atoms with Crippen LogP contribution < -0.4 is 10.6 Å². The smallest absolute Gasteiger partial charge is 0.231 e. The minimum atomic E-state index is -0.450. The zero-order valence-electron chi connectivity index (χ0n) is 8.83. The van der Waals surface area contributed by atoms with Crippen LogP contribution in [0, 0.1) is 5.41 Å². The molecule has 15 heavy (non-hydrogen) atoms. The van der Waals surface area contributed by atoms with Crippen LogP contribution in [-0.2, 0) is 4.79 Å². The molecule has 4 nitrogen and oxygen atoms in total. The summed E-state index contributed by atoms with van der Waals surface area (Å²) in [6.07, 6.45) is 1.67. The zero-order valence-corrected chi connectivity index (χ0v) is 10.5. The molecular formula is C9H13N3OS2. The summed E-state index contributed by atoms with van der Waals surface area (Å²) >= 11 is 6.40. The molecule has 1 aromatic heterocycles. The minimum Gasteiger partial charge on any atom is -0.308 e. The fraction of sp³-hybridized carbons (Fsp3) is 0.444. The number of anilines is 1. The molecule has 0 aliphatic carbocycles. The monoisotopic (exact) mass is 243 g/mol. The lowest BCUT2D eigenvalue weighted by Crippen LogP contribution is -2.41. The molecule has 1 aromatic rings. The SMILES string of the molecule is CC(C)(C)C(=O)NC(=S)Nc1nccs1. The molecule has 2 N–H and O–H groups in total. The van der Waals surface area contributed by atoms with Crippen LogP contribution in [0.1, 0.15) is 20.8 Å². The van der Waals surface area contributed by atoms with Crippen LogP contribution in [0.15, 0.2) is 11.6 Å². The summed E-state index contributed by atoms with van der Waals surface area (Å²) in [6.45, 7) is 5.48. The number of hydrogen-bond acceptors (Lipinski definition) is 4. The van der Waals surface area contributed by atoms with E-state index in [9.17, 15) is 4.79 Å². The Morgan fingerprint density at radius 3 is 2.67 bits per heavy atom. The van der Waals surface area contributed by atoms with Crippen molar-refractivity contribution in [1.82, 2.24) is 10.3 Å². The van der Waals surface area contributed by atoms with E-state index in [0.29, 0.717) is 5.13 Å². The highest BCUT2D eigenvalue weighted by Crippen LogP contribution is 2.13. The van der Waals surface area contributed by atoms with Gasteiger partial charge in [-0.15, -0.1) is 11.3 Å². The lowest BCUT2D eigenvalue weighted by molar-refractivity contribution is -0.126. The predicted octanol–water partition coefficient (Wildman–Crippen LogP) is 2.00. The molecule has 1 rings (SSSR count). The van der Waals surface area contributed by atoms with E-state index in [2.05, 4.69) is 15.6 Å². The fourth-order valence-electron chi connectivity index (χ4n) is 0.704. The van der Waals surface area contributed by atoms with E-state index in [1.165, 1.54) is 11.3 Å². The van der Waals surface area contributed by atoms with Crippen LogP contribution in [0.25, 0.3) is 0 Å². The van der Waals surface area contributed by atoms with Gasteiger partial charge in [0.2, 0.25) is 5.91 Å². The van der Waals surface area contributed by atoms with Gasteiger partial charge in [0, 0.05) is 17.0 Å². The molecule has 0 spiro atoms. The second kappa shape index (κ2) is 4.67. The third kappa shape index (κ3) is 3.93. The molecule has 1 amide bonds. The maximum absolute atomic E-state index is 11.5. The number of rotatable bonds is 1. The molecule has 0 atom stereocenters. The zero-order chi connectivity index (χ0) is 11.5. The average Bonchev–Trinajstić information content (AvgIpc) is 2.54. The molecule has 0 bridgehead atoms. The molecular weight excluding hydrogens is 230 g/mol. The van der Waals surface area contributed by atoms with Gasteiger partial charge in [-0.3, -0.25) is 4.79 Å². The van der Waals surface area contributed by atoms with Gasteiger partial charge in [-0.2, -0.15) is 0 Å². The molecule has 1 heterocycles. The summed E-state index contributed by atoms with van der Waals surface area (Å²) < 4.78 is 0. The summed E-state index contributed by atoms with van der Waals surface area (Å²) in [5.74, 6) is -0.114. The van der Waals surface area contributed by atoms with Crippen LogP contribution in [0.5, 0.6) is 0 Å². The number of nitrogens with one attached hydrogen (secondary N) is 2.